The van der Waals surface area contributed by atoms with E-state index in [-0.39, 0.29) is 35.8 Å². The first-order valence-corrected chi connectivity index (χ1v) is 9.28. The van der Waals surface area contributed by atoms with Crippen molar-refractivity contribution in [3.05, 3.63) is 52.0 Å². The lowest BCUT2D eigenvalue weighted by Gasteiger charge is -2.10. The molecular weight excluding hydrogens is 394 g/mol. The first-order valence-electron chi connectivity index (χ1n) is 9.28. The molecule has 0 aliphatic heterocycles. The second-order valence-electron chi connectivity index (χ2n) is 7.59. The van der Waals surface area contributed by atoms with E-state index in [0.29, 0.717) is 30.1 Å². The van der Waals surface area contributed by atoms with Crippen LogP contribution in [0.25, 0.3) is 11.4 Å². The van der Waals surface area contributed by atoms with Crippen LogP contribution in [0.4, 0.5) is 5.69 Å². The summed E-state index contributed by atoms with van der Waals surface area (Å²) in [4.78, 5) is 30.5. The van der Waals surface area contributed by atoms with E-state index in [1.54, 1.807) is 0 Å². The number of benzene rings is 1. The number of ether oxygens (including phenoxy) is 1. The molecule has 3 rings (SSSR count). The summed E-state index contributed by atoms with van der Waals surface area (Å²) < 4.78 is 15.4. The number of hydrogen-bond donors (Lipinski definition) is 0. The molecule has 11 nitrogen and oxygen atoms in total. The number of nitrogens with zero attached hydrogens (tertiary/aromatic N) is 5. The number of rotatable bonds is 8. The predicted octanol–water partition coefficient (Wildman–Crippen LogP) is 3.39. The maximum absolute atomic E-state index is 11.9. The molecule has 158 valence electrons. The van der Waals surface area contributed by atoms with Crippen LogP contribution in [-0.2, 0) is 28.0 Å². The molecule has 0 aliphatic rings. The third-order valence-corrected chi connectivity index (χ3v) is 4.07. The quantitative estimate of drug-likeness (QED) is 0.304. The second-order valence-corrected chi connectivity index (χ2v) is 7.59. The summed E-state index contributed by atoms with van der Waals surface area (Å²) in [5, 5.41) is 18.4. The zero-order valence-corrected chi connectivity index (χ0v) is 16.8. The van der Waals surface area contributed by atoms with E-state index in [0.717, 1.165) is 0 Å². The molecule has 0 amide bonds. The molecule has 0 radical (unpaired) electrons. The number of nitro benzene ring substituents is 1. The molecule has 0 atom stereocenters. The van der Waals surface area contributed by atoms with Crippen LogP contribution < -0.4 is 0 Å². The zero-order chi connectivity index (χ0) is 21.7. The van der Waals surface area contributed by atoms with Gasteiger partial charge in [0.15, 0.2) is 12.4 Å². The molecule has 0 fully saturated rings. The fourth-order valence-corrected chi connectivity index (χ4v) is 2.42. The molecule has 1 aromatic carbocycles. The van der Waals surface area contributed by atoms with Gasteiger partial charge in [-0.2, -0.15) is 9.97 Å². The number of carbonyl (C=O) groups excluding carboxylic acids is 1. The lowest BCUT2D eigenvalue weighted by atomic mass is 9.96. The smallest absolute Gasteiger partial charge is 0.306 e. The minimum absolute atomic E-state index is 0.0356. The van der Waals surface area contributed by atoms with E-state index < -0.39 is 10.9 Å². The van der Waals surface area contributed by atoms with Crippen LogP contribution in [0.1, 0.15) is 51.2 Å². The molecule has 0 saturated heterocycles. The SMILES string of the molecule is CC(C)(C)c1noc(CCCC(=O)OCc2nc(-c3ccc([N+](=O)[O-])cc3)no2)n1. The predicted molar refractivity (Wildman–Crippen MR) is 102 cm³/mol. The Morgan fingerprint density at radius 3 is 2.43 bits per heavy atom. The van der Waals surface area contributed by atoms with Gasteiger partial charge < -0.3 is 13.8 Å². The number of carbonyl (C=O) groups is 1. The van der Waals surface area contributed by atoms with Gasteiger partial charge in [0.05, 0.1) is 4.92 Å². The highest BCUT2D eigenvalue weighted by atomic mass is 16.6. The van der Waals surface area contributed by atoms with E-state index in [2.05, 4.69) is 20.3 Å². The van der Waals surface area contributed by atoms with Gasteiger partial charge in [-0.1, -0.05) is 31.1 Å². The van der Waals surface area contributed by atoms with Gasteiger partial charge in [0.2, 0.25) is 11.7 Å². The Morgan fingerprint density at radius 1 is 1.10 bits per heavy atom. The Morgan fingerprint density at radius 2 is 1.80 bits per heavy atom. The Hall–Kier alpha value is -3.63. The van der Waals surface area contributed by atoms with Crippen molar-refractivity contribution < 1.29 is 23.5 Å². The molecule has 0 unspecified atom stereocenters. The summed E-state index contributed by atoms with van der Waals surface area (Å²) in [6.07, 6.45) is 1.15. The number of aryl methyl sites for hydroxylation is 1. The average molecular weight is 415 g/mol. The molecule has 3 aromatic rings. The van der Waals surface area contributed by atoms with Crippen LogP contribution in [0.2, 0.25) is 0 Å². The van der Waals surface area contributed by atoms with Crippen molar-refractivity contribution in [1.29, 1.82) is 0 Å². The summed E-state index contributed by atoms with van der Waals surface area (Å²) >= 11 is 0. The molecule has 0 N–H and O–H groups in total. The van der Waals surface area contributed by atoms with Gasteiger partial charge in [-0.3, -0.25) is 14.9 Å². The van der Waals surface area contributed by atoms with Gasteiger partial charge in [0.1, 0.15) is 0 Å². The Bertz CT molecular complexity index is 1020. The van der Waals surface area contributed by atoms with Gasteiger partial charge in [-0.15, -0.1) is 0 Å². The lowest BCUT2D eigenvalue weighted by Crippen LogP contribution is -2.13. The van der Waals surface area contributed by atoms with Crippen molar-refractivity contribution in [3.63, 3.8) is 0 Å². The van der Waals surface area contributed by atoms with Crippen LogP contribution >= 0.6 is 0 Å². The number of non-ortho nitro benzene ring substituents is 1. The largest absolute Gasteiger partial charge is 0.456 e. The molecule has 0 saturated carbocycles. The van der Waals surface area contributed by atoms with E-state index >= 15 is 0 Å². The Labute approximate surface area is 171 Å². The van der Waals surface area contributed by atoms with Crippen molar-refractivity contribution in [1.82, 2.24) is 20.3 Å². The van der Waals surface area contributed by atoms with E-state index in [4.69, 9.17) is 13.8 Å². The third-order valence-electron chi connectivity index (χ3n) is 4.07. The normalized spacial score (nSPS) is 11.4. The van der Waals surface area contributed by atoms with Crippen molar-refractivity contribution in [2.24, 2.45) is 0 Å². The Kier molecular flexibility index (Phi) is 6.19. The fourth-order valence-electron chi connectivity index (χ4n) is 2.42. The standard InChI is InChI=1S/C19H21N5O6/c1-19(2,3)18-21-14(29-23-18)5-4-6-16(25)28-11-15-20-17(22-30-15)12-7-9-13(10-8-12)24(26)27/h7-10H,4-6,11H2,1-3H3. The Balaban J connectivity index is 1.44. The average Bonchev–Trinajstić information content (AvgIpc) is 3.36. The van der Waals surface area contributed by atoms with Gasteiger partial charge >= 0.3 is 5.97 Å². The number of esters is 1. The maximum atomic E-state index is 11.9. The van der Waals surface area contributed by atoms with E-state index in [1.807, 2.05) is 20.8 Å². The molecule has 0 spiro atoms. The number of nitro groups is 1. The molecule has 2 heterocycles. The van der Waals surface area contributed by atoms with Crippen molar-refractivity contribution in [2.75, 3.05) is 0 Å². The van der Waals surface area contributed by atoms with Crippen molar-refractivity contribution in [3.8, 4) is 11.4 Å². The maximum Gasteiger partial charge on any atom is 0.306 e. The summed E-state index contributed by atoms with van der Waals surface area (Å²) in [7, 11) is 0. The highest BCUT2D eigenvalue weighted by Crippen LogP contribution is 2.20. The molecular formula is C19H21N5O6. The topological polar surface area (TPSA) is 147 Å². The number of hydrogen-bond acceptors (Lipinski definition) is 10. The lowest BCUT2D eigenvalue weighted by molar-refractivity contribution is -0.384. The summed E-state index contributed by atoms with van der Waals surface area (Å²) in [5.41, 5.74) is 0.320. The van der Waals surface area contributed by atoms with Crippen LogP contribution in [0.5, 0.6) is 0 Å². The summed E-state index contributed by atoms with van der Waals surface area (Å²) in [5.74, 6) is 1.07. The van der Waals surface area contributed by atoms with Crippen LogP contribution in [-0.4, -0.2) is 31.2 Å². The highest BCUT2D eigenvalue weighted by molar-refractivity contribution is 5.69. The fraction of sp³-hybridized carbons (Fsp3) is 0.421. The third kappa shape index (κ3) is 5.46. The monoisotopic (exact) mass is 415 g/mol. The summed E-state index contributed by atoms with van der Waals surface area (Å²) in [6.45, 7) is 5.81. The van der Waals surface area contributed by atoms with Gasteiger partial charge in [-0.25, -0.2) is 0 Å². The van der Waals surface area contributed by atoms with Gasteiger partial charge in [-0.05, 0) is 18.6 Å². The zero-order valence-electron chi connectivity index (χ0n) is 16.8. The van der Waals surface area contributed by atoms with Crippen LogP contribution in [0.3, 0.4) is 0 Å². The van der Waals surface area contributed by atoms with Crippen molar-refractivity contribution in [2.45, 2.75) is 52.1 Å². The van der Waals surface area contributed by atoms with E-state index in [1.165, 1.54) is 24.3 Å². The number of aromatic nitrogens is 4. The molecule has 30 heavy (non-hydrogen) atoms. The van der Waals surface area contributed by atoms with E-state index in [9.17, 15) is 14.9 Å². The summed E-state index contributed by atoms with van der Waals surface area (Å²) in [6, 6.07) is 5.72. The van der Waals surface area contributed by atoms with Crippen molar-refractivity contribution >= 4 is 11.7 Å². The van der Waals surface area contributed by atoms with Crippen LogP contribution in [0, 0.1) is 10.1 Å². The van der Waals surface area contributed by atoms with Gasteiger partial charge in [0, 0.05) is 36.0 Å². The second kappa shape index (κ2) is 8.80. The van der Waals surface area contributed by atoms with Gasteiger partial charge in [0.25, 0.3) is 11.6 Å². The van der Waals surface area contributed by atoms with Crippen LogP contribution in [0.15, 0.2) is 33.3 Å². The highest BCUT2D eigenvalue weighted by Gasteiger charge is 2.21. The molecule has 11 heteroatoms. The molecule has 2 aromatic heterocycles. The molecule has 0 bridgehead atoms. The first-order chi connectivity index (χ1) is 14.2. The first kappa shape index (κ1) is 21.1. The minimum Gasteiger partial charge on any atom is -0.456 e. The molecule has 0 aliphatic carbocycles. The minimum atomic E-state index is -0.493.